The molecule has 1 saturated heterocycles. The summed E-state index contributed by atoms with van der Waals surface area (Å²) >= 11 is 6.50. The predicted octanol–water partition coefficient (Wildman–Crippen LogP) is 4.76. The molecule has 0 radical (unpaired) electrons. The van der Waals surface area contributed by atoms with Gasteiger partial charge in [0.2, 0.25) is 5.91 Å². The van der Waals surface area contributed by atoms with Gasteiger partial charge in [-0.05, 0) is 68.4 Å². The Balaban J connectivity index is 1.20. The maximum Gasteiger partial charge on any atom is 0.550 e. The lowest BCUT2D eigenvalue weighted by molar-refractivity contribution is -0.125. The van der Waals surface area contributed by atoms with E-state index in [2.05, 4.69) is 49.0 Å². The summed E-state index contributed by atoms with van der Waals surface area (Å²) in [6.07, 6.45) is 6.45. The summed E-state index contributed by atoms with van der Waals surface area (Å²) in [5.74, 6) is 1.10. The largest absolute Gasteiger partial charge is 0.550 e. The quantitative estimate of drug-likeness (QED) is 0.356. The molecule has 40 heavy (non-hydrogen) atoms. The molecule has 3 heterocycles. The van der Waals surface area contributed by atoms with E-state index in [1.165, 1.54) is 4.57 Å². The Hall–Kier alpha value is -3.04. The first-order chi connectivity index (χ1) is 19.0. The van der Waals surface area contributed by atoms with E-state index in [1.54, 1.807) is 6.08 Å². The van der Waals surface area contributed by atoms with Crippen molar-refractivity contribution in [1.82, 2.24) is 14.9 Å². The molecule has 5 atom stereocenters. The zero-order chi connectivity index (χ0) is 28.4. The fourth-order valence-electron chi connectivity index (χ4n) is 7.00. The molecule has 210 valence electrons. The standard InChI is InChI=1S/C30H36BClN4O4/c1-6-7-24(31-39-23-15-19-14-22(29(19,3)4)30(23,5)40-31)34-27(37)21-13-12-20-25(32)35-26(28(38)36(20)21)33-16-18-10-8-17(2)9-11-18/h6,8-11,15,19,21-22,24H,1,7,12-14,16H2,2-5H3,(H,33,35)(H,34,37)/t19?,21-,22?,24-,30?/m0/s1. The van der Waals surface area contributed by atoms with Gasteiger partial charge in [-0.1, -0.05) is 61.4 Å². The monoisotopic (exact) mass is 562 g/mol. The Morgan fingerprint density at radius 2 is 2.08 bits per heavy atom. The van der Waals surface area contributed by atoms with Gasteiger partial charge < -0.3 is 19.9 Å². The molecule has 1 saturated carbocycles. The normalized spacial score (nSPS) is 28.0. The van der Waals surface area contributed by atoms with Gasteiger partial charge in [-0.3, -0.25) is 14.2 Å². The Kier molecular flexibility index (Phi) is 6.66. The second-order valence-corrected chi connectivity index (χ2v) is 12.7. The number of amides is 1. The number of allylic oxidation sites excluding steroid dienone is 1. The fraction of sp³-hybridized carbons (Fsp3) is 0.500. The van der Waals surface area contributed by atoms with Crippen molar-refractivity contribution in [2.24, 2.45) is 17.3 Å². The summed E-state index contributed by atoms with van der Waals surface area (Å²) in [6.45, 7) is 13.0. The topological polar surface area (TPSA) is 94.5 Å². The van der Waals surface area contributed by atoms with Crippen LogP contribution >= 0.6 is 11.6 Å². The number of benzene rings is 1. The number of carbonyl (C=O) groups excluding carboxylic acids is 1. The van der Waals surface area contributed by atoms with Crippen LogP contribution in [0, 0.1) is 24.2 Å². The first-order valence-electron chi connectivity index (χ1n) is 14.1. The third-order valence-corrected chi connectivity index (χ3v) is 9.84. The highest BCUT2D eigenvalue weighted by atomic mass is 35.5. The van der Waals surface area contributed by atoms with Crippen molar-refractivity contribution >= 4 is 30.4 Å². The highest BCUT2D eigenvalue weighted by Crippen LogP contribution is 2.64. The minimum atomic E-state index is -0.708. The summed E-state index contributed by atoms with van der Waals surface area (Å²) in [4.78, 5) is 31.5. The van der Waals surface area contributed by atoms with Gasteiger partial charge in [0.1, 0.15) is 17.4 Å². The Bertz CT molecular complexity index is 1450. The molecule has 3 unspecified atom stereocenters. The zero-order valence-corrected chi connectivity index (χ0v) is 24.3. The summed E-state index contributed by atoms with van der Waals surface area (Å²) in [7, 11) is -0.640. The minimum absolute atomic E-state index is 0.129. The molecule has 2 aliphatic heterocycles. The van der Waals surface area contributed by atoms with Gasteiger partial charge in [-0.25, -0.2) is 4.98 Å². The molecular weight excluding hydrogens is 527 g/mol. The maximum atomic E-state index is 13.7. The van der Waals surface area contributed by atoms with E-state index in [9.17, 15) is 9.59 Å². The number of hydrogen-bond donors (Lipinski definition) is 2. The molecule has 3 aliphatic carbocycles. The van der Waals surface area contributed by atoms with Crippen molar-refractivity contribution < 1.29 is 14.1 Å². The predicted molar refractivity (Wildman–Crippen MR) is 156 cm³/mol. The van der Waals surface area contributed by atoms with Gasteiger partial charge in [-0.15, -0.1) is 6.58 Å². The molecule has 1 amide bonds. The third-order valence-electron chi connectivity index (χ3n) is 9.54. The molecule has 1 aromatic carbocycles. The van der Waals surface area contributed by atoms with E-state index < -0.39 is 24.7 Å². The Labute approximate surface area is 240 Å². The number of carbonyl (C=O) groups is 1. The van der Waals surface area contributed by atoms with Crippen molar-refractivity contribution in [3.8, 4) is 0 Å². The van der Waals surface area contributed by atoms with Crippen molar-refractivity contribution in [3.05, 3.63) is 81.1 Å². The van der Waals surface area contributed by atoms with E-state index in [1.807, 2.05) is 31.2 Å². The van der Waals surface area contributed by atoms with Gasteiger partial charge >= 0.3 is 7.12 Å². The lowest BCUT2D eigenvalue weighted by Gasteiger charge is -2.60. The van der Waals surface area contributed by atoms with Crippen molar-refractivity contribution in [2.45, 2.75) is 77.5 Å². The number of hydrogen-bond acceptors (Lipinski definition) is 6. The first-order valence-corrected chi connectivity index (χ1v) is 14.5. The zero-order valence-electron chi connectivity index (χ0n) is 23.5. The first kappa shape index (κ1) is 27.2. The molecule has 10 heteroatoms. The molecule has 2 aromatic rings. The molecule has 2 bridgehead atoms. The second kappa shape index (κ2) is 9.81. The van der Waals surface area contributed by atoms with Crippen LogP contribution < -0.4 is 16.2 Å². The molecule has 5 aliphatic rings. The number of fused-ring (bicyclic) bond motifs is 1. The van der Waals surface area contributed by atoms with Crippen LogP contribution in [0.3, 0.4) is 0 Å². The Morgan fingerprint density at radius 3 is 2.77 bits per heavy atom. The van der Waals surface area contributed by atoms with Crippen LogP contribution in [0.15, 0.2) is 53.6 Å². The van der Waals surface area contributed by atoms with Gasteiger partial charge in [-0.2, -0.15) is 0 Å². The number of nitrogens with zero attached hydrogens (tertiary/aromatic N) is 2. The Morgan fingerprint density at radius 1 is 1.32 bits per heavy atom. The van der Waals surface area contributed by atoms with E-state index in [0.29, 0.717) is 43.3 Å². The van der Waals surface area contributed by atoms with Crippen LogP contribution in [0.1, 0.15) is 62.9 Å². The summed E-state index contributed by atoms with van der Waals surface area (Å²) in [5, 5.41) is 6.46. The third kappa shape index (κ3) is 4.29. The summed E-state index contributed by atoms with van der Waals surface area (Å²) < 4.78 is 14.4. The molecular formula is C30H36BClN4O4. The lowest BCUT2D eigenvalue weighted by atomic mass is 9.46. The SMILES string of the molecule is C=CC[C@H](NC(=O)[C@@H]1CCc2c(Cl)nc(NCc3ccc(C)cc3)c(=O)n21)B1OC2=CC3CC(C2(C)O1)C3(C)C. The van der Waals surface area contributed by atoms with E-state index in [4.69, 9.17) is 20.9 Å². The van der Waals surface area contributed by atoms with E-state index >= 15 is 0 Å². The summed E-state index contributed by atoms with van der Waals surface area (Å²) in [6, 6.07) is 7.31. The molecule has 2 fully saturated rings. The van der Waals surface area contributed by atoms with Crippen LogP contribution in [0.5, 0.6) is 0 Å². The van der Waals surface area contributed by atoms with E-state index in [-0.39, 0.29) is 27.9 Å². The van der Waals surface area contributed by atoms with Crippen LogP contribution in [-0.2, 0) is 27.1 Å². The lowest BCUT2D eigenvalue weighted by Crippen LogP contribution is -2.59. The van der Waals surface area contributed by atoms with Crippen molar-refractivity contribution in [3.63, 3.8) is 0 Å². The van der Waals surface area contributed by atoms with E-state index in [0.717, 1.165) is 23.3 Å². The number of anilines is 1. The highest BCUT2D eigenvalue weighted by Gasteiger charge is 2.66. The molecule has 0 spiro atoms. The van der Waals surface area contributed by atoms with Crippen LogP contribution in [-0.4, -0.2) is 34.1 Å². The van der Waals surface area contributed by atoms with Crippen LogP contribution in [0.25, 0.3) is 0 Å². The number of halogens is 1. The minimum Gasteiger partial charge on any atom is -0.536 e. The van der Waals surface area contributed by atoms with Crippen molar-refractivity contribution in [1.29, 1.82) is 0 Å². The highest BCUT2D eigenvalue weighted by molar-refractivity contribution is 6.48. The van der Waals surface area contributed by atoms with Gasteiger partial charge in [0.25, 0.3) is 5.56 Å². The van der Waals surface area contributed by atoms with Gasteiger partial charge in [0.05, 0.1) is 11.6 Å². The van der Waals surface area contributed by atoms with Gasteiger partial charge in [0, 0.05) is 6.54 Å². The fourth-order valence-corrected chi connectivity index (χ4v) is 7.27. The smallest absolute Gasteiger partial charge is 0.536 e. The molecule has 8 nitrogen and oxygen atoms in total. The second-order valence-electron chi connectivity index (χ2n) is 12.4. The average molecular weight is 563 g/mol. The number of aryl methyl sites for hydroxylation is 1. The average Bonchev–Trinajstić information content (AvgIpc) is 3.52. The molecule has 1 aromatic heterocycles. The summed E-state index contributed by atoms with van der Waals surface area (Å²) in [5.41, 5.74) is 2.03. The molecule has 2 N–H and O–H groups in total. The van der Waals surface area contributed by atoms with Crippen molar-refractivity contribution in [2.75, 3.05) is 5.32 Å². The number of nitrogens with one attached hydrogen (secondary N) is 2. The maximum absolute atomic E-state index is 13.7. The van der Waals surface area contributed by atoms with Crippen LogP contribution in [0.4, 0.5) is 5.82 Å². The number of aromatic nitrogens is 2. The molecule has 7 rings (SSSR count). The number of rotatable bonds is 8. The van der Waals surface area contributed by atoms with Crippen LogP contribution in [0.2, 0.25) is 5.15 Å². The van der Waals surface area contributed by atoms with Gasteiger partial charge in [0.15, 0.2) is 11.0 Å².